The lowest BCUT2D eigenvalue weighted by Gasteiger charge is -2.49. The Morgan fingerprint density at radius 2 is 1.53 bits per heavy atom. The molecule has 256 valence electrons. The van der Waals surface area contributed by atoms with Crippen LogP contribution in [-0.2, 0) is 19.2 Å². The molecule has 6 atom stereocenters. The van der Waals surface area contributed by atoms with Crippen molar-refractivity contribution in [3.05, 3.63) is 135 Å². The first kappa shape index (κ1) is 33.2. The normalized spacial score (nSPS) is 26.9. The van der Waals surface area contributed by atoms with E-state index in [-0.39, 0.29) is 41.0 Å². The molecule has 11 heteroatoms. The van der Waals surface area contributed by atoms with Crippen molar-refractivity contribution in [2.45, 2.75) is 25.7 Å². The fourth-order valence-corrected chi connectivity index (χ4v) is 9.31. The molecule has 0 unspecified atom stereocenters. The minimum absolute atomic E-state index is 0.0871. The van der Waals surface area contributed by atoms with E-state index >= 15 is 0 Å². The molecule has 0 spiro atoms. The van der Waals surface area contributed by atoms with E-state index in [4.69, 9.17) is 11.6 Å². The number of halogens is 3. The summed E-state index contributed by atoms with van der Waals surface area (Å²) in [4.78, 5) is 72.6. The fraction of sp³-hybridized carbons (Fsp3) is 0.225. The molecule has 0 aromatic heterocycles. The number of amides is 4. The molecular formula is C40H29BrClFN2O6. The first-order valence-electron chi connectivity index (χ1n) is 16.5. The highest BCUT2D eigenvalue weighted by Crippen LogP contribution is 2.64. The van der Waals surface area contributed by atoms with Crippen LogP contribution in [0.1, 0.15) is 47.2 Å². The maximum Gasteiger partial charge on any atom is 0.241 e. The predicted molar refractivity (Wildman–Crippen MR) is 191 cm³/mol. The summed E-state index contributed by atoms with van der Waals surface area (Å²) >= 11 is 9.57. The standard InChI is InChI=1S/C40H29BrClFN2O6/c1-40-29(37(49)45(39(40)51)24-12-15-31(43)30(42)18-24)19-27-25(34(40)28-17-22(41)9-16-32(28)46)13-14-26-33(27)38(50)44(36(26)48)23-10-7-21(8-11-23)35(47)20-5-3-2-4-6-20/h2-13,15-18,26-27,29,33-34,46H,14,19H2,1H3/t26-,27+,29-,33-,34+,40+/m0/s1. The lowest BCUT2D eigenvalue weighted by atomic mass is 9.51. The number of benzene rings is 4. The number of nitrogens with zero attached hydrogens (tertiary/aromatic N) is 2. The number of phenols is 1. The van der Waals surface area contributed by atoms with E-state index in [0.29, 0.717) is 32.4 Å². The minimum atomic E-state index is -1.40. The largest absolute Gasteiger partial charge is 0.508 e. The Hall–Kier alpha value is -4.93. The van der Waals surface area contributed by atoms with Crippen molar-refractivity contribution in [2.24, 2.45) is 29.1 Å². The van der Waals surface area contributed by atoms with Crippen LogP contribution in [0.5, 0.6) is 5.75 Å². The molecule has 3 fully saturated rings. The SMILES string of the molecule is C[C@@]12C(=O)N(c3ccc(F)c(Cl)c3)C(=O)[C@@H]1C[C@@H]1C(=CC[C@@H]3C(=O)N(c4ccc(C(=O)c5ccccc5)cc4)C(=O)[C@@H]31)[C@@H]2c1cc(Br)ccc1O. The minimum Gasteiger partial charge on any atom is -0.508 e. The van der Waals surface area contributed by atoms with Crippen molar-refractivity contribution in [2.75, 3.05) is 9.80 Å². The number of phenolic OH excluding ortho intramolecular Hbond substituents is 1. The van der Waals surface area contributed by atoms with Crippen molar-refractivity contribution < 1.29 is 33.5 Å². The van der Waals surface area contributed by atoms with Gasteiger partial charge >= 0.3 is 0 Å². The van der Waals surface area contributed by atoms with Gasteiger partial charge in [-0.1, -0.05) is 69.5 Å². The Morgan fingerprint density at radius 1 is 0.843 bits per heavy atom. The molecule has 8 nitrogen and oxygen atoms in total. The van der Waals surface area contributed by atoms with Gasteiger partial charge in [-0.2, -0.15) is 0 Å². The Labute approximate surface area is 305 Å². The number of carbonyl (C=O) groups is 5. The summed E-state index contributed by atoms with van der Waals surface area (Å²) in [5.41, 5.74) is 1.07. The zero-order valence-electron chi connectivity index (χ0n) is 27.1. The molecule has 2 saturated heterocycles. The summed E-state index contributed by atoms with van der Waals surface area (Å²) in [5, 5.41) is 11.0. The number of hydrogen-bond acceptors (Lipinski definition) is 6. The number of ketones is 1. The first-order valence-corrected chi connectivity index (χ1v) is 17.7. The molecule has 8 rings (SSSR count). The fourth-order valence-electron chi connectivity index (χ4n) is 8.76. The molecule has 0 radical (unpaired) electrons. The molecule has 4 aromatic rings. The van der Waals surface area contributed by atoms with Crippen LogP contribution >= 0.6 is 27.5 Å². The van der Waals surface area contributed by atoms with Crippen LogP contribution in [0.2, 0.25) is 5.02 Å². The molecule has 1 N–H and O–H groups in total. The number of fused-ring (bicyclic) bond motifs is 4. The molecule has 4 amide bonds. The molecule has 51 heavy (non-hydrogen) atoms. The van der Waals surface area contributed by atoms with Gasteiger partial charge < -0.3 is 5.11 Å². The Bertz CT molecular complexity index is 2230. The van der Waals surface area contributed by atoms with Crippen molar-refractivity contribution >= 4 is 68.3 Å². The average molecular weight is 768 g/mol. The molecule has 4 aromatic carbocycles. The van der Waals surface area contributed by atoms with E-state index in [1.807, 2.05) is 12.1 Å². The highest BCUT2D eigenvalue weighted by molar-refractivity contribution is 9.10. The van der Waals surface area contributed by atoms with E-state index in [1.165, 1.54) is 18.2 Å². The van der Waals surface area contributed by atoms with Crippen LogP contribution in [-0.4, -0.2) is 34.5 Å². The monoisotopic (exact) mass is 766 g/mol. The van der Waals surface area contributed by atoms with Gasteiger partial charge in [-0.25, -0.2) is 9.29 Å². The van der Waals surface area contributed by atoms with Gasteiger partial charge in [0, 0.05) is 27.1 Å². The van der Waals surface area contributed by atoms with Crippen LogP contribution in [0, 0.1) is 34.9 Å². The predicted octanol–water partition coefficient (Wildman–Crippen LogP) is 7.61. The number of rotatable bonds is 5. The topological polar surface area (TPSA) is 112 Å². The van der Waals surface area contributed by atoms with Crippen LogP contribution in [0.4, 0.5) is 15.8 Å². The maximum atomic E-state index is 14.6. The molecule has 0 bridgehead atoms. The lowest BCUT2D eigenvalue weighted by molar-refractivity contribution is -0.131. The summed E-state index contributed by atoms with van der Waals surface area (Å²) < 4.78 is 14.8. The Kier molecular flexibility index (Phi) is 7.88. The number of carbonyl (C=O) groups excluding carboxylic acids is 5. The highest BCUT2D eigenvalue weighted by atomic mass is 79.9. The number of anilines is 2. The van der Waals surface area contributed by atoms with Crippen LogP contribution in [0.25, 0.3) is 0 Å². The van der Waals surface area contributed by atoms with Crippen molar-refractivity contribution in [1.29, 1.82) is 0 Å². The zero-order valence-corrected chi connectivity index (χ0v) is 29.4. The van der Waals surface area contributed by atoms with Gasteiger partial charge in [0.2, 0.25) is 23.6 Å². The van der Waals surface area contributed by atoms with E-state index in [2.05, 4.69) is 15.9 Å². The van der Waals surface area contributed by atoms with Crippen LogP contribution in [0.3, 0.4) is 0 Å². The number of aromatic hydroxyl groups is 1. The molecule has 2 aliphatic heterocycles. The lowest BCUT2D eigenvalue weighted by Crippen LogP contribution is -2.48. The molecule has 2 heterocycles. The molecule has 2 aliphatic carbocycles. The number of hydrogen-bond donors (Lipinski definition) is 1. The third-order valence-corrected chi connectivity index (χ3v) is 11.9. The third kappa shape index (κ3) is 4.94. The summed E-state index contributed by atoms with van der Waals surface area (Å²) in [6.07, 6.45) is 2.21. The van der Waals surface area contributed by atoms with Crippen molar-refractivity contribution in [3.8, 4) is 5.75 Å². The second kappa shape index (κ2) is 12.1. The quantitative estimate of drug-likeness (QED) is 0.127. The van der Waals surface area contributed by atoms with Gasteiger partial charge in [0.15, 0.2) is 5.78 Å². The maximum absolute atomic E-state index is 14.6. The summed E-state index contributed by atoms with van der Waals surface area (Å²) in [5.74, 6) is -6.79. The van der Waals surface area contributed by atoms with E-state index < -0.39 is 58.5 Å². The van der Waals surface area contributed by atoms with E-state index in [1.54, 1.807) is 67.6 Å². The second-order valence-electron chi connectivity index (χ2n) is 13.7. The van der Waals surface area contributed by atoms with Gasteiger partial charge in [-0.3, -0.25) is 28.9 Å². The summed E-state index contributed by atoms with van der Waals surface area (Å²) in [6.45, 7) is 1.70. The van der Waals surface area contributed by atoms with Crippen LogP contribution in [0.15, 0.2) is 107 Å². The summed E-state index contributed by atoms with van der Waals surface area (Å²) in [7, 11) is 0. The first-order chi connectivity index (χ1) is 24.4. The highest BCUT2D eigenvalue weighted by Gasteiger charge is 2.68. The smallest absolute Gasteiger partial charge is 0.241 e. The third-order valence-electron chi connectivity index (χ3n) is 11.2. The van der Waals surface area contributed by atoms with Gasteiger partial charge in [0.05, 0.1) is 39.6 Å². The average Bonchev–Trinajstić information content (AvgIpc) is 3.50. The van der Waals surface area contributed by atoms with Gasteiger partial charge in [-0.05, 0) is 86.3 Å². The second-order valence-corrected chi connectivity index (χ2v) is 15.0. The van der Waals surface area contributed by atoms with Crippen molar-refractivity contribution in [1.82, 2.24) is 0 Å². The van der Waals surface area contributed by atoms with E-state index in [0.717, 1.165) is 15.9 Å². The molecule has 1 saturated carbocycles. The van der Waals surface area contributed by atoms with Gasteiger partial charge in [0.1, 0.15) is 11.6 Å². The number of imide groups is 2. The van der Waals surface area contributed by atoms with Gasteiger partial charge in [-0.15, -0.1) is 0 Å². The van der Waals surface area contributed by atoms with Gasteiger partial charge in [0.25, 0.3) is 0 Å². The number of allylic oxidation sites excluding steroid dienone is 2. The Morgan fingerprint density at radius 3 is 2.24 bits per heavy atom. The van der Waals surface area contributed by atoms with Crippen molar-refractivity contribution in [3.63, 3.8) is 0 Å². The summed E-state index contributed by atoms with van der Waals surface area (Å²) in [6, 6.07) is 23.7. The molecule has 4 aliphatic rings. The van der Waals surface area contributed by atoms with Crippen LogP contribution < -0.4 is 9.80 Å². The molecular weight excluding hydrogens is 739 g/mol. The van der Waals surface area contributed by atoms with E-state index in [9.17, 15) is 33.5 Å². The Balaban J connectivity index is 1.19. The zero-order chi connectivity index (χ0) is 35.9.